The molecular formula is C43H40N4O. The van der Waals surface area contributed by atoms with E-state index >= 15 is 0 Å². The number of aromatic nitrogens is 2. The summed E-state index contributed by atoms with van der Waals surface area (Å²) in [5.41, 5.74) is 8.23. The number of rotatable bonds is 9. The minimum absolute atomic E-state index is 0.138. The quantitative estimate of drug-likeness (QED) is 0.128. The lowest BCUT2D eigenvalue weighted by molar-refractivity contribution is -0.111. The fourth-order valence-electron chi connectivity index (χ4n) is 7.28. The van der Waals surface area contributed by atoms with E-state index in [0.717, 1.165) is 48.6 Å². The van der Waals surface area contributed by atoms with Crippen molar-refractivity contribution in [3.63, 3.8) is 0 Å². The van der Waals surface area contributed by atoms with Crippen LogP contribution in [0.3, 0.4) is 0 Å². The van der Waals surface area contributed by atoms with E-state index < -0.39 is 5.54 Å². The van der Waals surface area contributed by atoms with E-state index in [0.29, 0.717) is 5.92 Å². The van der Waals surface area contributed by atoms with Crippen LogP contribution in [-0.2, 0) is 10.3 Å². The molecule has 7 rings (SSSR count). The minimum Gasteiger partial charge on any atom is -0.370 e. The molecule has 1 fully saturated rings. The fraction of sp³-hybridized carbons (Fsp3) is 0.163. The maximum absolute atomic E-state index is 12.9. The Morgan fingerprint density at radius 2 is 1.21 bits per heavy atom. The Morgan fingerprint density at radius 1 is 0.708 bits per heavy atom. The molecule has 0 bridgehead atoms. The average molecular weight is 629 g/mol. The van der Waals surface area contributed by atoms with Gasteiger partial charge in [0.05, 0.1) is 23.4 Å². The van der Waals surface area contributed by atoms with E-state index in [4.69, 9.17) is 4.98 Å². The van der Waals surface area contributed by atoms with Gasteiger partial charge in [-0.25, -0.2) is 4.98 Å². The van der Waals surface area contributed by atoms with E-state index in [9.17, 15) is 4.79 Å². The Labute approximate surface area is 283 Å². The lowest BCUT2D eigenvalue weighted by Crippen LogP contribution is -2.38. The third kappa shape index (κ3) is 6.07. The van der Waals surface area contributed by atoms with Gasteiger partial charge in [0.2, 0.25) is 5.91 Å². The summed E-state index contributed by atoms with van der Waals surface area (Å²) in [6, 6.07) is 50.3. The van der Waals surface area contributed by atoms with Crippen LogP contribution < -0.4 is 10.2 Å². The number of carbonyl (C=O) groups excluding carboxylic acids is 1. The first-order valence-electron chi connectivity index (χ1n) is 16.7. The standard InChI is InChI=1S/C43H40N4O/c1-33-42(35-28-30-46(31-29-35)40-25-15-14-24-39(40)45-41(48)27-26-34-16-6-2-7-17-34)44-32-47(33)43(36-18-8-3-9-19-36,37-20-10-4-11-21-37)38-22-12-5-13-23-38/h2-27,32,35H,28-31H2,1H3,(H,45,48). The molecule has 48 heavy (non-hydrogen) atoms. The van der Waals surface area contributed by atoms with Gasteiger partial charge in [0.15, 0.2) is 0 Å². The highest BCUT2D eigenvalue weighted by atomic mass is 16.1. The smallest absolute Gasteiger partial charge is 0.248 e. The second kappa shape index (κ2) is 14.0. The SMILES string of the molecule is Cc1c(C2CCN(c3ccccc3NC(=O)C=Cc3ccccc3)CC2)ncn1C(c1ccccc1)(c1ccccc1)c1ccccc1. The Hall–Kier alpha value is -5.68. The van der Waals surface area contributed by atoms with Gasteiger partial charge in [0.1, 0.15) is 5.54 Å². The number of nitrogens with zero attached hydrogens (tertiary/aromatic N) is 3. The number of piperidine rings is 1. The normalized spacial score (nSPS) is 13.9. The molecule has 1 amide bonds. The molecule has 1 aliphatic heterocycles. The predicted octanol–water partition coefficient (Wildman–Crippen LogP) is 9.07. The van der Waals surface area contributed by atoms with Crippen molar-refractivity contribution in [2.24, 2.45) is 0 Å². The molecule has 0 radical (unpaired) electrons. The van der Waals surface area contributed by atoms with Crippen molar-refractivity contribution in [1.29, 1.82) is 0 Å². The second-order valence-electron chi connectivity index (χ2n) is 12.4. The van der Waals surface area contributed by atoms with Crippen molar-refractivity contribution < 1.29 is 4.79 Å². The number of para-hydroxylation sites is 2. The van der Waals surface area contributed by atoms with Gasteiger partial charge in [-0.3, -0.25) is 4.79 Å². The summed E-state index contributed by atoms with van der Waals surface area (Å²) in [6.45, 7) is 3.99. The number of benzene rings is 5. The summed E-state index contributed by atoms with van der Waals surface area (Å²) in [6.07, 6.45) is 7.44. The highest BCUT2D eigenvalue weighted by molar-refractivity contribution is 6.03. The third-order valence-corrected chi connectivity index (χ3v) is 9.59. The predicted molar refractivity (Wildman–Crippen MR) is 196 cm³/mol. The molecule has 6 aromatic rings. The summed E-state index contributed by atoms with van der Waals surface area (Å²) in [5.74, 6) is 0.194. The van der Waals surface area contributed by atoms with Crippen LogP contribution in [0, 0.1) is 6.92 Å². The van der Waals surface area contributed by atoms with Crippen molar-refractivity contribution >= 4 is 23.4 Å². The van der Waals surface area contributed by atoms with Crippen LogP contribution in [0.5, 0.6) is 0 Å². The van der Waals surface area contributed by atoms with Crippen LogP contribution >= 0.6 is 0 Å². The van der Waals surface area contributed by atoms with Crippen LogP contribution in [0.2, 0.25) is 0 Å². The van der Waals surface area contributed by atoms with Crippen molar-refractivity contribution in [2.45, 2.75) is 31.2 Å². The Morgan fingerprint density at radius 3 is 1.77 bits per heavy atom. The Bertz CT molecular complexity index is 1880. The number of hydrogen-bond acceptors (Lipinski definition) is 3. The molecule has 0 aliphatic carbocycles. The summed E-state index contributed by atoms with van der Waals surface area (Å²) in [7, 11) is 0. The molecule has 2 heterocycles. The van der Waals surface area contributed by atoms with E-state index in [1.807, 2.05) is 54.6 Å². The molecule has 1 saturated heterocycles. The Balaban J connectivity index is 1.15. The molecule has 5 aromatic carbocycles. The maximum atomic E-state index is 12.9. The highest BCUT2D eigenvalue weighted by Gasteiger charge is 2.40. The van der Waals surface area contributed by atoms with Crippen LogP contribution in [0.1, 0.15) is 52.4 Å². The lowest BCUT2D eigenvalue weighted by Gasteiger charge is -2.39. The van der Waals surface area contributed by atoms with Crippen molar-refractivity contribution in [3.8, 4) is 0 Å². The molecule has 1 aromatic heterocycles. The molecule has 238 valence electrons. The number of imidazole rings is 1. The first kappa shape index (κ1) is 30.9. The van der Waals surface area contributed by atoms with Crippen LogP contribution in [0.15, 0.2) is 158 Å². The molecule has 0 unspecified atom stereocenters. The zero-order valence-electron chi connectivity index (χ0n) is 27.2. The van der Waals surface area contributed by atoms with Gasteiger partial charge in [-0.1, -0.05) is 133 Å². The van der Waals surface area contributed by atoms with Gasteiger partial charge in [-0.05, 0) is 60.2 Å². The first-order valence-corrected chi connectivity index (χ1v) is 16.7. The van der Waals surface area contributed by atoms with Crippen molar-refractivity contribution in [2.75, 3.05) is 23.3 Å². The van der Waals surface area contributed by atoms with E-state index in [-0.39, 0.29) is 5.91 Å². The monoisotopic (exact) mass is 628 g/mol. The number of carbonyl (C=O) groups is 1. The Kier molecular flexibility index (Phi) is 9.01. The average Bonchev–Trinajstić information content (AvgIpc) is 3.54. The van der Waals surface area contributed by atoms with Gasteiger partial charge in [-0.15, -0.1) is 0 Å². The summed E-state index contributed by atoms with van der Waals surface area (Å²) >= 11 is 0. The molecule has 0 spiro atoms. The molecule has 0 atom stereocenters. The fourth-order valence-corrected chi connectivity index (χ4v) is 7.28. The van der Waals surface area contributed by atoms with Gasteiger partial charge in [0, 0.05) is 30.8 Å². The summed E-state index contributed by atoms with van der Waals surface area (Å²) in [4.78, 5) is 20.4. The number of anilines is 2. The van der Waals surface area contributed by atoms with Gasteiger partial charge < -0.3 is 14.8 Å². The van der Waals surface area contributed by atoms with Crippen LogP contribution in [0.25, 0.3) is 6.08 Å². The largest absolute Gasteiger partial charge is 0.370 e. The van der Waals surface area contributed by atoms with E-state index in [1.54, 1.807) is 6.08 Å². The molecule has 1 N–H and O–H groups in total. The summed E-state index contributed by atoms with van der Waals surface area (Å²) in [5, 5.41) is 3.11. The first-order chi connectivity index (χ1) is 23.6. The lowest BCUT2D eigenvalue weighted by atomic mass is 9.76. The van der Waals surface area contributed by atoms with Gasteiger partial charge in [-0.2, -0.15) is 0 Å². The zero-order valence-corrected chi connectivity index (χ0v) is 27.2. The minimum atomic E-state index is -0.577. The molecular weight excluding hydrogens is 589 g/mol. The molecule has 1 aliphatic rings. The van der Waals surface area contributed by atoms with Crippen molar-refractivity contribution in [1.82, 2.24) is 9.55 Å². The van der Waals surface area contributed by atoms with Crippen molar-refractivity contribution in [3.05, 3.63) is 192 Å². The van der Waals surface area contributed by atoms with Gasteiger partial charge in [0.25, 0.3) is 0 Å². The molecule has 5 nitrogen and oxygen atoms in total. The highest BCUT2D eigenvalue weighted by Crippen LogP contribution is 2.43. The van der Waals surface area contributed by atoms with Crippen LogP contribution in [-0.4, -0.2) is 28.5 Å². The molecule has 0 saturated carbocycles. The summed E-state index contributed by atoms with van der Waals surface area (Å²) < 4.78 is 2.39. The van der Waals surface area contributed by atoms with Gasteiger partial charge >= 0.3 is 0 Å². The maximum Gasteiger partial charge on any atom is 0.248 e. The van der Waals surface area contributed by atoms with Crippen LogP contribution in [0.4, 0.5) is 11.4 Å². The second-order valence-corrected chi connectivity index (χ2v) is 12.4. The topological polar surface area (TPSA) is 50.2 Å². The number of amides is 1. The third-order valence-electron chi connectivity index (χ3n) is 9.59. The molecule has 5 heteroatoms. The number of hydrogen-bond donors (Lipinski definition) is 1. The number of nitrogens with one attached hydrogen (secondary N) is 1. The van der Waals surface area contributed by atoms with E-state index in [2.05, 4.69) is 125 Å². The zero-order chi connectivity index (χ0) is 32.8. The van der Waals surface area contributed by atoms with E-state index in [1.165, 1.54) is 22.4 Å².